The number of hydrogen-bond donors (Lipinski definition) is 2. The van der Waals surface area contributed by atoms with Gasteiger partial charge >= 0.3 is 0 Å². The van der Waals surface area contributed by atoms with Crippen LogP contribution in [0.5, 0.6) is 0 Å². The van der Waals surface area contributed by atoms with Gasteiger partial charge in [0, 0.05) is 44.3 Å². The average molecular weight is 444 g/mol. The van der Waals surface area contributed by atoms with Crippen LogP contribution < -0.4 is 10.6 Å². The summed E-state index contributed by atoms with van der Waals surface area (Å²) in [6.45, 7) is 6.72. The van der Waals surface area contributed by atoms with Crippen molar-refractivity contribution in [2.24, 2.45) is 4.99 Å². The van der Waals surface area contributed by atoms with Crippen molar-refractivity contribution >= 4 is 5.96 Å². The Labute approximate surface area is 190 Å². The van der Waals surface area contributed by atoms with Gasteiger partial charge in [0.1, 0.15) is 11.6 Å². The maximum atomic E-state index is 14.0. The van der Waals surface area contributed by atoms with Crippen molar-refractivity contribution in [1.82, 2.24) is 20.4 Å². The molecule has 1 fully saturated rings. The Hall–Kier alpha value is -2.51. The zero-order valence-electron chi connectivity index (χ0n) is 19.4. The van der Waals surface area contributed by atoms with Gasteiger partial charge in [-0.3, -0.25) is 4.90 Å². The lowest BCUT2D eigenvalue weighted by Crippen LogP contribution is -2.48. The van der Waals surface area contributed by atoms with E-state index >= 15 is 0 Å². The molecule has 1 aliphatic rings. The van der Waals surface area contributed by atoms with Gasteiger partial charge in [0.15, 0.2) is 5.96 Å². The van der Waals surface area contributed by atoms with Gasteiger partial charge in [0.25, 0.3) is 0 Å². The normalized spacial score (nSPS) is 15.9. The lowest BCUT2D eigenvalue weighted by molar-refractivity contribution is 0.198. The molecule has 7 heteroatoms. The van der Waals surface area contributed by atoms with Crippen molar-refractivity contribution in [3.8, 4) is 0 Å². The van der Waals surface area contributed by atoms with Crippen LogP contribution in [0.2, 0.25) is 0 Å². The van der Waals surface area contributed by atoms with Crippen LogP contribution in [-0.4, -0.2) is 55.5 Å². The third-order valence-electron chi connectivity index (χ3n) is 5.61. The molecule has 174 valence electrons. The van der Waals surface area contributed by atoms with Gasteiger partial charge in [0.2, 0.25) is 0 Å². The van der Waals surface area contributed by atoms with Crippen LogP contribution in [0.1, 0.15) is 36.5 Å². The molecule has 0 spiro atoms. The molecule has 0 unspecified atom stereocenters. The van der Waals surface area contributed by atoms with Crippen molar-refractivity contribution in [2.45, 2.75) is 45.4 Å². The number of piperidine rings is 1. The monoisotopic (exact) mass is 443 g/mol. The molecule has 3 rings (SSSR count). The fraction of sp³-hybridized carbons (Fsp3) is 0.480. The number of nitrogens with zero attached hydrogens (tertiary/aromatic N) is 3. The molecule has 0 bridgehead atoms. The van der Waals surface area contributed by atoms with E-state index in [9.17, 15) is 8.78 Å². The Morgan fingerprint density at radius 1 is 1.06 bits per heavy atom. The van der Waals surface area contributed by atoms with Gasteiger partial charge in [-0.1, -0.05) is 18.2 Å². The molecule has 1 heterocycles. The van der Waals surface area contributed by atoms with Crippen LogP contribution in [0, 0.1) is 11.6 Å². The molecule has 0 atom stereocenters. The fourth-order valence-electron chi connectivity index (χ4n) is 3.96. The van der Waals surface area contributed by atoms with Crippen molar-refractivity contribution in [3.05, 3.63) is 70.8 Å². The van der Waals surface area contributed by atoms with Crippen LogP contribution in [-0.2, 0) is 19.6 Å². The van der Waals surface area contributed by atoms with E-state index in [2.05, 4.69) is 22.5 Å². The lowest BCUT2D eigenvalue weighted by Gasteiger charge is -2.33. The van der Waals surface area contributed by atoms with E-state index < -0.39 is 0 Å². The first-order valence-corrected chi connectivity index (χ1v) is 11.4. The van der Waals surface area contributed by atoms with Crippen LogP contribution in [0.3, 0.4) is 0 Å². The summed E-state index contributed by atoms with van der Waals surface area (Å²) in [5.41, 5.74) is 2.82. The molecule has 5 nitrogen and oxygen atoms in total. The molecule has 1 saturated heterocycles. The molecule has 2 aromatic carbocycles. The second kappa shape index (κ2) is 11.9. The summed E-state index contributed by atoms with van der Waals surface area (Å²) in [7, 11) is 3.87. The topological polar surface area (TPSA) is 42.9 Å². The molecule has 1 aliphatic heterocycles. The first-order valence-electron chi connectivity index (χ1n) is 11.4. The van der Waals surface area contributed by atoms with Crippen molar-refractivity contribution < 1.29 is 8.78 Å². The number of likely N-dealkylation sites (tertiary alicyclic amines) is 1. The Morgan fingerprint density at radius 3 is 2.41 bits per heavy atom. The van der Waals surface area contributed by atoms with Crippen molar-refractivity contribution in [2.75, 3.05) is 33.7 Å². The first-order chi connectivity index (χ1) is 15.4. The number of halogens is 2. The fourth-order valence-corrected chi connectivity index (χ4v) is 3.96. The predicted octanol–water partition coefficient (Wildman–Crippen LogP) is 3.75. The molecule has 32 heavy (non-hydrogen) atoms. The second-order valence-corrected chi connectivity index (χ2v) is 8.68. The molecular weight excluding hydrogens is 408 g/mol. The van der Waals surface area contributed by atoms with Gasteiger partial charge in [-0.2, -0.15) is 0 Å². The number of aliphatic imine (C=N–C) groups is 1. The largest absolute Gasteiger partial charge is 0.357 e. The maximum absolute atomic E-state index is 14.0. The molecule has 0 saturated carbocycles. The Kier molecular flexibility index (Phi) is 9.00. The molecule has 2 N–H and O–H groups in total. The van der Waals surface area contributed by atoms with E-state index in [-0.39, 0.29) is 11.6 Å². The van der Waals surface area contributed by atoms with Crippen molar-refractivity contribution in [1.29, 1.82) is 0 Å². The minimum absolute atomic E-state index is 0.177. The summed E-state index contributed by atoms with van der Waals surface area (Å²) in [6.07, 6.45) is 2.05. The predicted molar refractivity (Wildman–Crippen MR) is 126 cm³/mol. The molecule has 2 aromatic rings. The quantitative estimate of drug-likeness (QED) is 0.482. The third-order valence-corrected chi connectivity index (χ3v) is 5.61. The average Bonchev–Trinajstić information content (AvgIpc) is 2.77. The van der Waals surface area contributed by atoms with Gasteiger partial charge in [0.05, 0.1) is 6.54 Å². The summed E-state index contributed by atoms with van der Waals surface area (Å²) in [4.78, 5) is 9.09. The third kappa shape index (κ3) is 7.57. The van der Waals surface area contributed by atoms with Crippen molar-refractivity contribution in [3.63, 3.8) is 0 Å². The molecular formula is C25H35F2N5. The summed E-state index contributed by atoms with van der Waals surface area (Å²) in [5, 5.41) is 6.88. The molecule has 0 amide bonds. The van der Waals surface area contributed by atoms with Crippen LogP contribution >= 0.6 is 0 Å². The van der Waals surface area contributed by atoms with Crippen LogP contribution in [0.15, 0.2) is 47.5 Å². The smallest absolute Gasteiger partial charge is 0.191 e. The van der Waals surface area contributed by atoms with E-state index in [4.69, 9.17) is 4.99 Å². The summed E-state index contributed by atoms with van der Waals surface area (Å²) >= 11 is 0. The number of nitrogens with one attached hydrogen (secondary N) is 2. The number of hydrogen-bond acceptors (Lipinski definition) is 3. The van der Waals surface area contributed by atoms with E-state index in [1.807, 2.05) is 37.2 Å². The highest BCUT2D eigenvalue weighted by atomic mass is 19.1. The van der Waals surface area contributed by atoms with Gasteiger partial charge in [-0.25, -0.2) is 13.8 Å². The minimum atomic E-state index is -0.193. The van der Waals surface area contributed by atoms with Gasteiger partial charge in [-0.15, -0.1) is 0 Å². The van der Waals surface area contributed by atoms with E-state index in [1.54, 1.807) is 6.07 Å². The zero-order chi connectivity index (χ0) is 22.9. The molecule has 0 radical (unpaired) electrons. The highest BCUT2D eigenvalue weighted by Crippen LogP contribution is 2.15. The van der Waals surface area contributed by atoms with E-state index in [0.717, 1.165) is 56.1 Å². The number of guanidine groups is 1. The summed E-state index contributed by atoms with van der Waals surface area (Å²) < 4.78 is 27.1. The Morgan fingerprint density at radius 2 is 1.75 bits per heavy atom. The maximum Gasteiger partial charge on any atom is 0.191 e. The van der Waals surface area contributed by atoms with Crippen LogP contribution in [0.25, 0.3) is 0 Å². The van der Waals surface area contributed by atoms with Crippen LogP contribution in [0.4, 0.5) is 8.78 Å². The van der Waals surface area contributed by atoms with Gasteiger partial charge in [-0.05, 0) is 69.3 Å². The first kappa shape index (κ1) is 24.1. The Bertz CT molecular complexity index is 874. The minimum Gasteiger partial charge on any atom is -0.357 e. The SMILES string of the molecule is CCNC(=NCc1ccc(F)c(CN(C)C)c1)NC1CCN(Cc2ccc(F)cc2)CC1. The number of benzene rings is 2. The standard InChI is InChI=1S/C25H35F2N5/c1-4-28-25(29-16-20-7-10-24(27)21(15-20)18-31(2)3)30-23-11-13-32(14-12-23)17-19-5-8-22(26)9-6-19/h5-10,15,23H,4,11-14,16-18H2,1-3H3,(H2,28,29,30). The van der Waals surface area contributed by atoms with E-state index in [1.165, 1.54) is 18.2 Å². The number of rotatable bonds is 8. The summed E-state index contributed by atoms with van der Waals surface area (Å²) in [6, 6.07) is 12.3. The second-order valence-electron chi connectivity index (χ2n) is 8.68. The zero-order valence-corrected chi connectivity index (χ0v) is 19.4. The lowest BCUT2D eigenvalue weighted by atomic mass is 10.0. The van der Waals surface area contributed by atoms with E-state index in [0.29, 0.717) is 24.7 Å². The highest BCUT2D eigenvalue weighted by molar-refractivity contribution is 5.80. The molecule has 0 aromatic heterocycles. The highest BCUT2D eigenvalue weighted by Gasteiger charge is 2.20. The molecule has 0 aliphatic carbocycles. The Balaban J connectivity index is 1.53. The summed E-state index contributed by atoms with van der Waals surface area (Å²) in [5.74, 6) is 0.424. The van der Waals surface area contributed by atoms with Gasteiger partial charge < -0.3 is 15.5 Å².